The molecule has 0 radical (unpaired) electrons. The van der Waals surface area contributed by atoms with Crippen molar-refractivity contribution in [2.45, 2.75) is 24.4 Å². The number of rotatable bonds is 7. The molecule has 0 aliphatic carbocycles. The van der Waals surface area contributed by atoms with Crippen LogP contribution in [0.4, 0.5) is 13.2 Å². The maximum absolute atomic E-state index is 12.4. The Balaban J connectivity index is 1.69. The molecule has 3 rings (SSSR count). The average molecular weight is 440 g/mol. The van der Waals surface area contributed by atoms with E-state index in [9.17, 15) is 23.2 Å². The van der Waals surface area contributed by atoms with Crippen molar-refractivity contribution in [3.63, 3.8) is 0 Å². The molecule has 0 spiro atoms. The highest BCUT2D eigenvalue weighted by Gasteiger charge is 2.31. The van der Waals surface area contributed by atoms with E-state index in [0.29, 0.717) is 10.7 Å². The summed E-state index contributed by atoms with van der Waals surface area (Å²) in [7, 11) is 0. The Kier molecular flexibility index (Phi) is 6.14. The summed E-state index contributed by atoms with van der Waals surface area (Å²) < 4.78 is 41.8. The molecular weight excluding hydrogens is 429 g/mol. The molecule has 1 aromatic carbocycles. The third kappa shape index (κ3) is 5.30. The van der Waals surface area contributed by atoms with Gasteiger partial charge in [-0.3, -0.25) is 4.79 Å². The highest BCUT2D eigenvalue weighted by Crippen LogP contribution is 2.27. The van der Waals surface area contributed by atoms with Gasteiger partial charge in [0.2, 0.25) is 5.16 Å². The van der Waals surface area contributed by atoms with Crippen molar-refractivity contribution in [3.05, 3.63) is 40.3 Å². The van der Waals surface area contributed by atoms with Crippen molar-refractivity contribution in [3.8, 4) is 17.5 Å². The number of thioether (sulfide) groups is 1. The van der Waals surface area contributed by atoms with E-state index in [2.05, 4.69) is 25.2 Å². The lowest BCUT2D eigenvalue weighted by Crippen LogP contribution is -2.17. The number of carbonyl (C=O) groups is 1. The van der Waals surface area contributed by atoms with Crippen LogP contribution in [0.5, 0.6) is 5.75 Å². The van der Waals surface area contributed by atoms with Gasteiger partial charge in [-0.15, -0.1) is 29.6 Å². The molecule has 2 aromatic heterocycles. The van der Waals surface area contributed by atoms with Crippen LogP contribution in [-0.4, -0.2) is 43.1 Å². The molecule has 3 aromatic rings. The maximum Gasteiger partial charge on any atom is 0.573 e. The first kappa shape index (κ1) is 20.7. The number of hydrogen-bond donors (Lipinski definition) is 0. The van der Waals surface area contributed by atoms with Crippen LogP contribution in [0.2, 0.25) is 0 Å². The monoisotopic (exact) mass is 440 g/mol. The van der Waals surface area contributed by atoms with E-state index in [4.69, 9.17) is 0 Å². The summed E-state index contributed by atoms with van der Waals surface area (Å²) in [5.41, 5.74) is 1.11. The standard InChI is InChI=1S/C16H11F3N6O2S2/c1-9-7-28-14(21-9)12(6-20)13(26)8-29-15-22-23-24-25(15)10-2-4-11(5-3-10)27-16(17,18)19/h2-5,7,12H,8H2,1H3/t12-/m0/s1. The van der Waals surface area contributed by atoms with Crippen LogP contribution >= 0.6 is 23.1 Å². The fourth-order valence-electron chi connectivity index (χ4n) is 2.21. The van der Waals surface area contributed by atoms with Gasteiger partial charge in [0.1, 0.15) is 10.8 Å². The Morgan fingerprint density at radius 1 is 1.38 bits per heavy atom. The Morgan fingerprint density at radius 2 is 2.10 bits per heavy atom. The van der Waals surface area contributed by atoms with Gasteiger partial charge in [0.05, 0.1) is 17.5 Å². The zero-order valence-corrected chi connectivity index (χ0v) is 16.3. The highest BCUT2D eigenvalue weighted by molar-refractivity contribution is 7.99. The molecule has 1 atom stereocenters. The number of benzene rings is 1. The smallest absolute Gasteiger partial charge is 0.406 e. The predicted molar refractivity (Wildman–Crippen MR) is 96.8 cm³/mol. The number of Topliss-reactive ketones (excluding diaryl/α,β-unsaturated/α-hetero) is 1. The van der Waals surface area contributed by atoms with Crippen molar-refractivity contribution >= 4 is 28.9 Å². The number of thiazole rings is 1. The van der Waals surface area contributed by atoms with Gasteiger partial charge in [-0.05, 0) is 41.6 Å². The number of carbonyl (C=O) groups excluding carboxylic acids is 1. The summed E-state index contributed by atoms with van der Waals surface area (Å²) in [6.45, 7) is 1.77. The minimum atomic E-state index is -4.79. The molecule has 0 bridgehead atoms. The Bertz CT molecular complexity index is 1040. The summed E-state index contributed by atoms with van der Waals surface area (Å²) in [6.07, 6.45) is -4.79. The molecule has 0 aliphatic rings. The number of nitriles is 1. The lowest BCUT2D eigenvalue weighted by atomic mass is 10.1. The lowest BCUT2D eigenvalue weighted by molar-refractivity contribution is -0.274. The first-order valence-corrected chi connectivity index (χ1v) is 9.75. The highest BCUT2D eigenvalue weighted by atomic mass is 32.2. The van der Waals surface area contributed by atoms with E-state index in [0.717, 1.165) is 29.6 Å². The van der Waals surface area contributed by atoms with Crippen LogP contribution in [0, 0.1) is 18.3 Å². The van der Waals surface area contributed by atoms with E-state index in [1.54, 1.807) is 12.3 Å². The van der Waals surface area contributed by atoms with Gasteiger partial charge in [-0.2, -0.15) is 9.94 Å². The minimum absolute atomic E-state index is 0.0769. The van der Waals surface area contributed by atoms with Gasteiger partial charge >= 0.3 is 6.36 Å². The number of ketones is 1. The quantitative estimate of drug-likeness (QED) is 0.515. The van der Waals surface area contributed by atoms with Crippen LogP contribution < -0.4 is 4.74 Å². The number of ether oxygens (including phenoxy) is 1. The normalized spacial score (nSPS) is 12.4. The molecule has 0 amide bonds. The fourth-order valence-corrected chi connectivity index (χ4v) is 3.87. The Morgan fingerprint density at radius 3 is 2.69 bits per heavy atom. The Labute approximate surface area is 170 Å². The maximum atomic E-state index is 12.4. The van der Waals surface area contributed by atoms with E-state index in [1.165, 1.54) is 28.2 Å². The van der Waals surface area contributed by atoms with Crippen LogP contribution in [-0.2, 0) is 4.79 Å². The molecule has 0 aliphatic heterocycles. The molecule has 0 N–H and O–H groups in total. The first-order valence-electron chi connectivity index (χ1n) is 7.88. The molecule has 2 heterocycles. The molecule has 0 saturated heterocycles. The molecular formula is C16H11F3N6O2S2. The fraction of sp³-hybridized carbons (Fsp3) is 0.250. The number of aromatic nitrogens is 5. The van der Waals surface area contributed by atoms with E-state index in [-0.39, 0.29) is 22.4 Å². The first-order chi connectivity index (χ1) is 13.8. The lowest BCUT2D eigenvalue weighted by Gasteiger charge is -2.09. The van der Waals surface area contributed by atoms with Gasteiger partial charge in [0.25, 0.3) is 0 Å². The van der Waals surface area contributed by atoms with Crippen molar-refractivity contribution in [1.29, 1.82) is 5.26 Å². The third-order valence-corrected chi connectivity index (χ3v) is 5.40. The molecule has 0 unspecified atom stereocenters. The Hall–Kier alpha value is -2.98. The third-order valence-electron chi connectivity index (χ3n) is 3.43. The summed E-state index contributed by atoms with van der Waals surface area (Å²) in [5, 5.41) is 22.9. The van der Waals surface area contributed by atoms with Gasteiger partial charge in [-0.1, -0.05) is 11.8 Å². The average Bonchev–Trinajstić information content (AvgIpc) is 3.29. The number of nitrogens with zero attached hydrogens (tertiary/aromatic N) is 6. The summed E-state index contributed by atoms with van der Waals surface area (Å²) >= 11 is 2.25. The number of tetrazole rings is 1. The van der Waals surface area contributed by atoms with Crippen LogP contribution in [0.25, 0.3) is 5.69 Å². The second kappa shape index (κ2) is 8.58. The molecule has 29 heavy (non-hydrogen) atoms. The summed E-state index contributed by atoms with van der Waals surface area (Å²) in [4.78, 5) is 16.6. The van der Waals surface area contributed by atoms with E-state index >= 15 is 0 Å². The SMILES string of the molecule is Cc1csc([C@@H](C#N)C(=O)CSc2nnnn2-c2ccc(OC(F)(F)F)cc2)n1. The zero-order chi connectivity index (χ0) is 21.0. The molecule has 150 valence electrons. The minimum Gasteiger partial charge on any atom is -0.406 e. The van der Waals surface area contributed by atoms with Crippen molar-refractivity contribution in [2.75, 3.05) is 5.75 Å². The topological polar surface area (TPSA) is 107 Å². The van der Waals surface area contributed by atoms with E-state index < -0.39 is 12.3 Å². The largest absolute Gasteiger partial charge is 0.573 e. The number of halogens is 3. The van der Waals surface area contributed by atoms with Crippen molar-refractivity contribution < 1.29 is 22.7 Å². The molecule has 0 saturated carbocycles. The van der Waals surface area contributed by atoms with E-state index in [1.807, 2.05) is 6.07 Å². The van der Waals surface area contributed by atoms with Crippen LogP contribution in [0.1, 0.15) is 16.6 Å². The van der Waals surface area contributed by atoms with Crippen LogP contribution in [0.15, 0.2) is 34.8 Å². The van der Waals surface area contributed by atoms with Gasteiger partial charge in [0.15, 0.2) is 11.7 Å². The molecule has 8 nitrogen and oxygen atoms in total. The molecule has 13 heteroatoms. The molecule has 0 fully saturated rings. The number of alkyl halides is 3. The summed E-state index contributed by atoms with van der Waals surface area (Å²) in [6, 6.07) is 6.90. The number of hydrogen-bond acceptors (Lipinski definition) is 9. The van der Waals surface area contributed by atoms with Crippen molar-refractivity contribution in [2.24, 2.45) is 0 Å². The van der Waals surface area contributed by atoms with Gasteiger partial charge in [-0.25, -0.2) is 4.98 Å². The van der Waals surface area contributed by atoms with Crippen LogP contribution in [0.3, 0.4) is 0 Å². The predicted octanol–water partition coefficient (Wildman–Crippen LogP) is 3.29. The second-order valence-electron chi connectivity index (χ2n) is 5.56. The summed E-state index contributed by atoms with van der Waals surface area (Å²) in [5.74, 6) is -1.79. The van der Waals surface area contributed by atoms with Crippen molar-refractivity contribution in [1.82, 2.24) is 25.2 Å². The van der Waals surface area contributed by atoms with Gasteiger partial charge in [0, 0.05) is 11.1 Å². The number of aryl methyl sites for hydroxylation is 1. The zero-order valence-electron chi connectivity index (χ0n) is 14.6. The van der Waals surface area contributed by atoms with Gasteiger partial charge < -0.3 is 4.74 Å². The second-order valence-corrected chi connectivity index (χ2v) is 7.39.